The Morgan fingerprint density at radius 3 is 2.57 bits per heavy atom. The lowest BCUT2D eigenvalue weighted by molar-refractivity contribution is -0.140. The fourth-order valence-corrected chi connectivity index (χ4v) is 5.63. The number of halogens is 4. The monoisotopic (exact) mass is 532 g/mol. The maximum atomic E-state index is 14.5. The fraction of sp³-hybridized carbons (Fsp3) is 0.360. The molecule has 7 nitrogen and oxygen atoms in total. The second-order valence-corrected chi connectivity index (χ2v) is 10.3. The van der Waals surface area contributed by atoms with Crippen molar-refractivity contribution in [1.29, 1.82) is 0 Å². The van der Waals surface area contributed by atoms with Crippen molar-refractivity contribution in [3.8, 4) is 5.75 Å². The van der Waals surface area contributed by atoms with Crippen LogP contribution in [0, 0.1) is 12.7 Å². The summed E-state index contributed by atoms with van der Waals surface area (Å²) in [6, 6.07) is 8.81. The number of rotatable bonds is 7. The molecule has 4 aromatic rings. The van der Waals surface area contributed by atoms with Crippen molar-refractivity contribution in [3.05, 3.63) is 75.8 Å². The predicted molar refractivity (Wildman–Crippen MR) is 130 cm³/mol. The van der Waals surface area contributed by atoms with Gasteiger partial charge in [0.1, 0.15) is 21.7 Å². The van der Waals surface area contributed by atoms with Gasteiger partial charge in [-0.3, -0.25) is 5.10 Å². The van der Waals surface area contributed by atoms with Gasteiger partial charge in [0.25, 0.3) is 0 Å². The molecule has 194 valence electrons. The number of hydrogen-bond donors (Lipinski definition) is 2. The number of aryl methyl sites for hydroxylation is 1. The van der Waals surface area contributed by atoms with E-state index in [1.165, 1.54) is 17.4 Å². The molecule has 0 spiro atoms. The first kappa shape index (κ1) is 25.1. The van der Waals surface area contributed by atoms with Crippen molar-refractivity contribution in [1.82, 2.24) is 25.4 Å². The van der Waals surface area contributed by atoms with Crippen molar-refractivity contribution < 1.29 is 22.3 Å². The molecule has 3 aromatic heterocycles. The molecular formula is C25H24F4N6OS. The zero-order valence-electron chi connectivity index (χ0n) is 19.8. The molecule has 12 heteroatoms. The fourth-order valence-electron chi connectivity index (χ4n) is 4.70. The summed E-state index contributed by atoms with van der Waals surface area (Å²) in [6.45, 7) is 1.90. The van der Waals surface area contributed by atoms with E-state index in [2.05, 4.69) is 30.7 Å². The van der Waals surface area contributed by atoms with Crippen LogP contribution >= 0.6 is 11.3 Å². The van der Waals surface area contributed by atoms with Crippen LogP contribution in [0.4, 0.5) is 29.2 Å². The van der Waals surface area contributed by atoms with Crippen LogP contribution in [0.3, 0.4) is 0 Å². The highest BCUT2D eigenvalue weighted by atomic mass is 32.1. The number of pyridine rings is 1. The molecule has 0 bridgehead atoms. The SMILES string of the molecule is Cc1nnc(C2(Cc3ccc(Nc4ccn[nH]4)nc3)CCC(Oc3cccc(C(F)(F)F)c3F)CC2)s1. The summed E-state index contributed by atoms with van der Waals surface area (Å²) >= 11 is 1.54. The third kappa shape index (κ3) is 5.58. The highest BCUT2D eigenvalue weighted by molar-refractivity contribution is 7.11. The molecule has 3 heterocycles. The minimum atomic E-state index is -4.78. The number of H-pyrrole nitrogens is 1. The second kappa shape index (κ2) is 10.1. The number of hydrogen-bond acceptors (Lipinski definition) is 7. The number of benzene rings is 1. The van der Waals surface area contributed by atoms with Gasteiger partial charge in [0.15, 0.2) is 11.6 Å². The highest BCUT2D eigenvalue weighted by Gasteiger charge is 2.41. The quantitative estimate of drug-likeness (QED) is 0.269. The number of nitrogens with one attached hydrogen (secondary N) is 2. The van der Waals surface area contributed by atoms with Gasteiger partial charge in [-0.05, 0) is 62.8 Å². The van der Waals surface area contributed by atoms with E-state index in [-0.39, 0.29) is 11.2 Å². The Hall–Kier alpha value is -3.54. The molecule has 0 radical (unpaired) electrons. The minimum Gasteiger partial charge on any atom is -0.487 e. The lowest BCUT2D eigenvalue weighted by atomic mass is 9.70. The molecule has 1 fully saturated rings. The summed E-state index contributed by atoms with van der Waals surface area (Å²) in [5, 5.41) is 20.3. The van der Waals surface area contributed by atoms with E-state index in [9.17, 15) is 17.6 Å². The predicted octanol–water partition coefficient (Wildman–Crippen LogP) is 6.37. The van der Waals surface area contributed by atoms with Crippen LogP contribution in [-0.2, 0) is 18.0 Å². The molecule has 0 atom stereocenters. The second-order valence-electron chi connectivity index (χ2n) is 9.16. The van der Waals surface area contributed by atoms with Crippen molar-refractivity contribution in [3.63, 3.8) is 0 Å². The van der Waals surface area contributed by atoms with Crippen molar-refractivity contribution in [2.75, 3.05) is 5.32 Å². The Balaban J connectivity index is 1.31. The van der Waals surface area contributed by atoms with Gasteiger partial charge in [0.2, 0.25) is 0 Å². The van der Waals surface area contributed by atoms with Crippen LogP contribution in [0.15, 0.2) is 48.8 Å². The molecule has 37 heavy (non-hydrogen) atoms. The van der Waals surface area contributed by atoms with E-state index < -0.39 is 23.7 Å². The number of alkyl halides is 3. The van der Waals surface area contributed by atoms with Gasteiger partial charge in [-0.25, -0.2) is 9.37 Å². The first-order chi connectivity index (χ1) is 17.7. The Morgan fingerprint density at radius 2 is 1.95 bits per heavy atom. The minimum absolute atomic E-state index is 0.321. The van der Waals surface area contributed by atoms with Crippen LogP contribution in [0.25, 0.3) is 0 Å². The van der Waals surface area contributed by atoms with Crippen molar-refractivity contribution in [2.24, 2.45) is 0 Å². The third-order valence-electron chi connectivity index (χ3n) is 6.56. The molecule has 1 aliphatic carbocycles. The van der Waals surface area contributed by atoms with E-state index in [0.29, 0.717) is 37.9 Å². The average molecular weight is 533 g/mol. The van der Waals surface area contributed by atoms with Gasteiger partial charge in [-0.15, -0.1) is 21.5 Å². The lowest BCUT2D eigenvalue weighted by Crippen LogP contribution is -2.37. The van der Waals surface area contributed by atoms with Crippen LogP contribution in [-0.4, -0.2) is 31.5 Å². The smallest absolute Gasteiger partial charge is 0.419 e. The molecule has 1 aromatic carbocycles. The van der Waals surface area contributed by atoms with Crippen molar-refractivity contribution in [2.45, 2.75) is 56.7 Å². The molecule has 0 aliphatic heterocycles. The Morgan fingerprint density at radius 1 is 1.14 bits per heavy atom. The van der Waals surface area contributed by atoms with Gasteiger partial charge in [0, 0.05) is 17.7 Å². The standard InChI is InChI=1S/C25H24F4N6OS/c1-15-33-35-23(37-15)24(13-16-5-6-20(30-14-16)32-21-9-12-31-34-21)10-7-17(8-11-24)36-19-4-2-3-18(22(19)26)25(27,28)29/h2-6,9,12,14,17H,7-8,10-11,13H2,1H3,(H2,30,31,32,34). The molecule has 2 N–H and O–H groups in total. The van der Waals surface area contributed by atoms with E-state index in [4.69, 9.17) is 4.74 Å². The summed E-state index contributed by atoms with van der Waals surface area (Å²) in [7, 11) is 0. The normalized spacial score (nSPS) is 20.1. The molecular weight excluding hydrogens is 508 g/mol. The first-order valence-electron chi connectivity index (χ1n) is 11.8. The zero-order chi connectivity index (χ0) is 26.0. The Bertz CT molecular complexity index is 1330. The summed E-state index contributed by atoms with van der Waals surface area (Å²) in [4.78, 5) is 4.51. The topological polar surface area (TPSA) is 88.6 Å². The van der Waals surface area contributed by atoms with Gasteiger partial charge in [-0.2, -0.15) is 18.3 Å². The van der Waals surface area contributed by atoms with Gasteiger partial charge in [0.05, 0.1) is 17.9 Å². The third-order valence-corrected chi connectivity index (χ3v) is 7.65. The Kier molecular flexibility index (Phi) is 6.84. The molecule has 0 amide bonds. The molecule has 1 saturated carbocycles. The maximum Gasteiger partial charge on any atom is 0.419 e. The van der Waals surface area contributed by atoms with Crippen LogP contribution < -0.4 is 10.1 Å². The molecule has 0 unspecified atom stereocenters. The number of aromatic nitrogens is 5. The highest BCUT2D eigenvalue weighted by Crippen LogP contribution is 2.44. The van der Waals surface area contributed by atoms with Gasteiger partial charge >= 0.3 is 6.18 Å². The summed E-state index contributed by atoms with van der Waals surface area (Å²) in [6.07, 6.45) is 1.37. The first-order valence-corrected chi connectivity index (χ1v) is 12.6. The van der Waals surface area contributed by atoms with Gasteiger partial charge < -0.3 is 10.1 Å². The van der Waals surface area contributed by atoms with Crippen LogP contribution in [0.2, 0.25) is 0 Å². The van der Waals surface area contributed by atoms with Crippen LogP contribution in [0.1, 0.15) is 46.8 Å². The molecule has 0 saturated heterocycles. The van der Waals surface area contributed by atoms with E-state index in [0.717, 1.165) is 33.5 Å². The van der Waals surface area contributed by atoms with E-state index in [1.807, 2.05) is 25.3 Å². The summed E-state index contributed by atoms with van der Waals surface area (Å²) in [5.74, 6) is -0.337. The lowest BCUT2D eigenvalue weighted by Gasteiger charge is -2.38. The zero-order valence-corrected chi connectivity index (χ0v) is 20.7. The van der Waals surface area contributed by atoms with Crippen LogP contribution in [0.5, 0.6) is 5.75 Å². The molecule has 5 rings (SSSR count). The number of aromatic amines is 1. The average Bonchev–Trinajstić information content (AvgIpc) is 3.54. The van der Waals surface area contributed by atoms with Gasteiger partial charge in [-0.1, -0.05) is 12.1 Å². The largest absolute Gasteiger partial charge is 0.487 e. The maximum absolute atomic E-state index is 14.5. The van der Waals surface area contributed by atoms with E-state index in [1.54, 1.807) is 12.3 Å². The number of nitrogens with zero attached hydrogens (tertiary/aromatic N) is 4. The summed E-state index contributed by atoms with van der Waals surface area (Å²) < 4.78 is 59.6. The number of ether oxygens (including phenoxy) is 1. The summed E-state index contributed by atoms with van der Waals surface area (Å²) in [5.41, 5.74) is -0.623. The Labute approximate surface area is 214 Å². The molecule has 1 aliphatic rings. The number of anilines is 2. The van der Waals surface area contributed by atoms with Crippen molar-refractivity contribution >= 4 is 23.0 Å². The van der Waals surface area contributed by atoms with E-state index >= 15 is 0 Å².